The van der Waals surface area contributed by atoms with Crippen molar-refractivity contribution in [1.82, 2.24) is 24.5 Å². The number of fused-ring (bicyclic) bond motifs is 4. The van der Waals surface area contributed by atoms with Crippen LogP contribution in [0.15, 0.2) is 180 Å². The van der Waals surface area contributed by atoms with Crippen LogP contribution in [0.4, 0.5) is 0 Å². The van der Waals surface area contributed by atoms with Gasteiger partial charge in [0.05, 0.1) is 11.0 Å². The Labute approximate surface area is 299 Å². The molecule has 0 radical (unpaired) electrons. The molecule has 0 saturated heterocycles. The largest absolute Gasteiger partial charge is 0.436 e. The number of para-hydroxylation sites is 2. The van der Waals surface area contributed by atoms with Crippen LogP contribution in [0.3, 0.4) is 0 Å². The molecule has 0 saturated carbocycles. The number of rotatable bonds is 6. The molecule has 3 aromatic heterocycles. The lowest BCUT2D eigenvalue weighted by atomic mass is 10.0. The first-order chi connectivity index (χ1) is 25.7. The molecule has 0 atom stereocenters. The van der Waals surface area contributed by atoms with Crippen LogP contribution in [0.25, 0.3) is 95.3 Å². The maximum Gasteiger partial charge on any atom is 0.227 e. The molecule has 0 aliphatic heterocycles. The van der Waals surface area contributed by atoms with Gasteiger partial charge < -0.3 is 8.98 Å². The number of benzene rings is 7. The monoisotopic (exact) mass is 667 g/mol. The molecule has 0 aliphatic rings. The van der Waals surface area contributed by atoms with E-state index in [2.05, 4.69) is 114 Å². The van der Waals surface area contributed by atoms with E-state index >= 15 is 0 Å². The fraction of sp³-hybridized carbons (Fsp3) is 0. The molecule has 0 spiro atoms. The number of hydrogen-bond donors (Lipinski definition) is 0. The Morgan fingerprint density at radius 3 is 1.42 bits per heavy atom. The van der Waals surface area contributed by atoms with E-state index in [1.165, 1.54) is 21.8 Å². The van der Waals surface area contributed by atoms with Crippen LogP contribution in [0.5, 0.6) is 0 Å². The van der Waals surface area contributed by atoms with Crippen LogP contribution in [0, 0.1) is 0 Å². The molecule has 0 fully saturated rings. The number of aromatic nitrogens is 5. The lowest BCUT2D eigenvalue weighted by molar-refractivity contribution is 0.620. The summed E-state index contributed by atoms with van der Waals surface area (Å²) in [6.07, 6.45) is 0. The van der Waals surface area contributed by atoms with Gasteiger partial charge in [-0.25, -0.2) is 19.9 Å². The van der Waals surface area contributed by atoms with Gasteiger partial charge in [0.25, 0.3) is 0 Å². The van der Waals surface area contributed by atoms with Gasteiger partial charge in [0, 0.05) is 38.7 Å². The third-order valence-corrected chi connectivity index (χ3v) is 9.52. The molecule has 0 amide bonds. The zero-order chi connectivity index (χ0) is 34.4. The summed E-state index contributed by atoms with van der Waals surface area (Å²) in [7, 11) is 0. The van der Waals surface area contributed by atoms with Gasteiger partial charge in [-0.2, -0.15) is 0 Å². The molecule has 10 rings (SSSR count). The average Bonchev–Trinajstić information content (AvgIpc) is 3.81. The van der Waals surface area contributed by atoms with Gasteiger partial charge in [0.1, 0.15) is 5.52 Å². The normalized spacial score (nSPS) is 11.5. The average molecular weight is 668 g/mol. The Morgan fingerprint density at radius 2 is 0.827 bits per heavy atom. The fourth-order valence-electron chi connectivity index (χ4n) is 6.93. The summed E-state index contributed by atoms with van der Waals surface area (Å²) in [5.74, 6) is 2.47. The lowest BCUT2D eigenvalue weighted by Gasteiger charge is -2.11. The van der Waals surface area contributed by atoms with Gasteiger partial charge in [0.2, 0.25) is 5.89 Å². The molecule has 7 aromatic carbocycles. The molecule has 6 heteroatoms. The topological polar surface area (TPSA) is 69.6 Å². The molecule has 0 unspecified atom stereocenters. The second-order valence-corrected chi connectivity index (χ2v) is 12.7. The SMILES string of the molecule is c1ccc(-c2nc(-c3ccc(-c4ccc5oc(-c6ccccc6)nc5c4)cc3)nc(-c3ccc(-n4c5ccccc5c5ccccc54)cc3)n2)cc1. The summed E-state index contributed by atoms with van der Waals surface area (Å²) in [5, 5.41) is 2.47. The Hall–Kier alpha value is -7.18. The highest BCUT2D eigenvalue weighted by molar-refractivity contribution is 6.09. The third-order valence-electron chi connectivity index (χ3n) is 9.52. The van der Waals surface area contributed by atoms with Gasteiger partial charge in [-0.1, -0.05) is 115 Å². The van der Waals surface area contributed by atoms with E-state index in [9.17, 15) is 0 Å². The Bertz CT molecular complexity index is 2820. The van der Waals surface area contributed by atoms with Crippen molar-refractivity contribution in [2.24, 2.45) is 0 Å². The fourth-order valence-corrected chi connectivity index (χ4v) is 6.93. The first-order valence-corrected chi connectivity index (χ1v) is 17.2. The van der Waals surface area contributed by atoms with Crippen LogP contribution >= 0.6 is 0 Å². The Kier molecular flexibility index (Phi) is 7.03. The smallest absolute Gasteiger partial charge is 0.227 e. The number of hydrogen-bond acceptors (Lipinski definition) is 5. The molecular weight excluding hydrogens is 639 g/mol. The minimum absolute atomic E-state index is 0.612. The quantitative estimate of drug-likeness (QED) is 0.176. The second kappa shape index (κ2) is 12.3. The van der Waals surface area contributed by atoms with Crippen LogP contribution in [-0.2, 0) is 0 Å². The van der Waals surface area contributed by atoms with Gasteiger partial charge in [-0.05, 0) is 71.8 Å². The summed E-state index contributed by atoms with van der Waals surface area (Å²) in [4.78, 5) is 19.7. The molecular formula is C46H29N5O. The van der Waals surface area contributed by atoms with E-state index in [1.807, 2.05) is 66.7 Å². The summed E-state index contributed by atoms with van der Waals surface area (Å²) in [6, 6.07) is 60.0. The summed E-state index contributed by atoms with van der Waals surface area (Å²) < 4.78 is 8.35. The molecule has 52 heavy (non-hydrogen) atoms. The predicted octanol–water partition coefficient (Wildman–Crippen LogP) is 11.4. The van der Waals surface area contributed by atoms with Crippen LogP contribution in [0.2, 0.25) is 0 Å². The molecule has 0 bridgehead atoms. The van der Waals surface area contributed by atoms with Gasteiger partial charge >= 0.3 is 0 Å². The standard InChI is InChI=1S/C46H29N5O/c1-3-11-31(12-4-1)43-48-44(32-21-19-30(20-22-32)35-25-28-42-39(29-35)47-46(52-42)34-13-5-2-6-14-34)50-45(49-43)33-23-26-36(27-24-33)51-40-17-9-7-15-37(40)38-16-8-10-18-41(38)51/h1-29H. The van der Waals surface area contributed by atoms with Crippen molar-refractivity contribution >= 4 is 32.9 Å². The minimum atomic E-state index is 0.612. The van der Waals surface area contributed by atoms with Crippen molar-refractivity contribution in [3.05, 3.63) is 176 Å². The van der Waals surface area contributed by atoms with Crippen LogP contribution in [0.1, 0.15) is 0 Å². The van der Waals surface area contributed by atoms with E-state index in [0.29, 0.717) is 23.4 Å². The van der Waals surface area contributed by atoms with Crippen LogP contribution < -0.4 is 0 Å². The highest BCUT2D eigenvalue weighted by Crippen LogP contribution is 2.34. The maximum atomic E-state index is 6.04. The van der Waals surface area contributed by atoms with Crippen molar-refractivity contribution in [2.75, 3.05) is 0 Å². The third kappa shape index (κ3) is 5.22. The van der Waals surface area contributed by atoms with Gasteiger partial charge in [0.15, 0.2) is 23.1 Å². The maximum absolute atomic E-state index is 6.04. The summed E-state index contributed by atoms with van der Waals surface area (Å²) in [6.45, 7) is 0. The van der Waals surface area contributed by atoms with Crippen molar-refractivity contribution in [3.8, 4) is 62.4 Å². The van der Waals surface area contributed by atoms with Gasteiger partial charge in [-0.15, -0.1) is 0 Å². The second-order valence-electron chi connectivity index (χ2n) is 12.7. The number of oxazole rings is 1. The van der Waals surface area contributed by atoms with E-state index in [1.54, 1.807) is 0 Å². The first-order valence-electron chi connectivity index (χ1n) is 17.2. The number of nitrogens with zero attached hydrogens (tertiary/aromatic N) is 5. The highest BCUT2D eigenvalue weighted by Gasteiger charge is 2.15. The van der Waals surface area contributed by atoms with E-state index in [-0.39, 0.29) is 0 Å². The van der Waals surface area contributed by atoms with Crippen molar-refractivity contribution in [2.45, 2.75) is 0 Å². The molecule has 6 nitrogen and oxygen atoms in total. The molecule has 0 N–H and O–H groups in total. The van der Waals surface area contributed by atoms with E-state index in [0.717, 1.165) is 50.2 Å². The van der Waals surface area contributed by atoms with Crippen molar-refractivity contribution in [1.29, 1.82) is 0 Å². The molecule has 10 aromatic rings. The van der Waals surface area contributed by atoms with E-state index < -0.39 is 0 Å². The van der Waals surface area contributed by atoms with Crippen molar-refractivity contribution < 1.29 is 4.42 Å². The summed E-state index contributed by atoms with van der Waals surface area (Å²) >= 11 is 0. The Morgan fingerprint density at radius 1 is 0.365 bits per heavy atom. The minimum Gasteiger partial charge on any atom is -0.436 e. The Balaban J connectivity index is 1.01. The highest BCUT2D eigenvalue weighted by atomic mass is 16.3. The lowest BCUT2D eigenvalue weighted by Crippen LogP contribution is -2.00. The molecule has 3 heterocycles. The van der Waals surface area contributed by atoms with Crippen molar-refractivity contribution in [3.63, 3.8) is 0 Å². The summed E-state index contributed by atoms with van der Waals surface area (Å²) in [5.41, 5.74) is 10.8. The van der Waals surface area contributed by atoms with Gasteiger partial charge in [-0.3, -0.25) is 0 Å². The van der Waals surface area contributed by atoms with E-state index in [4.69, 9.17) is 24.4 Å². The first kappa shape index (κ1) is 29.7. The zero-order valence-electron chi connectivity index (χ0n) is 27.9. The zero-order valence-corrected chi connectivity index (χ0v) is 27.9. The molecule has 244 valence electrons. The van der Waals surface area contributed by atoms with Crippen LogP contribution in [-0.4, -0.2) is 24.5 Å². The molecule has 0 aliphatic carbocycles. The predicted molar refractivity (Wildman–Crippen MR) is 209 cm³/mol.